The van der Waals surface area contributed by atoms with Crippen molar-refractivity contribution >= 4 is 59.7 Å². The van der Waals surface area contributed by atoms with E-state index in [1.807, 2.05) is 50.2 Å². The fraction of sp³-hybridized carbons (Fsp3) is 0.182. The molecule has 0 spiro atoms. The Hall–Kier alpha value is -2.70. The van der Waals surface area contributed by atoms with E-state index in [4.69, 9.17) is 0 Å². The summed E-state index contributed by atoms with van der Waals surface area (Å²) >= 11 is 3.18. The number of fused-ring (bicyclic) bond motifs is 3. The van der Waals surface area contributed by atoms with Crippen LogP contribution < -0.4 is 5.32 Å². The first-order valence-corrected chi connectivity index (χ1v) is 10.6. The number of hydrogen-bond acceptors (Lipinski definition) is 4. The summed E-state index contributed by atoms with van der Waals surface area (Å²) in [4.78, 5) is 27.4. The van der Waals surface area contributed by atoms with E-state index >= 15 is 0 Å². The second kappa shape index (κ2) is 7.37. The molecule has 0 saturated carbocycles. The maximum atomic E-state index is 12.8. The van der Waals surface area contributed by atoms with Crippen LogP contribution in [0.3, 0.4) is 0 Å². The van der Waals surface area contributed by atoms with Crippen LogP contribution >= 0.6 is 22.7 Å². The van der Waals surface area contributed by atoms with E-state index < -0.39 is 0 Å². The lowest BCUT2D eigenvalue weighted by Crippen LogP contribution is -2.34. The van der Waals surface area contributed by atoms with Gasteiger partial charge in [-0.2, -0.15) is 0 Å². The molecule has 28 heavy (non-hydrogen) atoms. The minimum Gasteiger partial charge on any atom is -0.332 e. The Balaban J connectivity index is 1.50. The van der Waals surface area contributed by atoms with Gasteiger partial charge in [0.05, 0.1) is 16.1 Å². The summed E-state index contributed by atoms with van der Waals surface area (Å²) in [5.41, 5.74) is 2.83. The van der Waals surface area contributed by atoms with Crippen LogP contribution in [0.4, 0.5) is 5.69 Å². The monoisotopic (exact) mass is 408 g/mol. The van der Waals surface area contributed by atoms with Crippen molar-refractivity contribution < 1.29 is 9.59 Å². The van der Waals surface area contributed by atoms with Crippen LogP contribution in [0.1, 0.15) is 20.8 Å². The Bertz CT molecular complexity index is 1190. The van der Waals surface area contributed by atoms with Crippen molar-refractivity contribution in [2.75, 3.05) is 18.9 Å². The zero-order chi connectivity index (χ0) is 19.8. The summed E-state index contributed by atoms with van der Waals surface area (Å²) in [6, 6.07) is 16.0. The molecule has 2 aromatic carbocycles. The average molecular weight is 409 g/mol. The minimum atomic E-state index is -0.197. The minimum absolute atomic E-state index is 0.0128. The molecule has 4 nitrogen and oxygen atoms in total. The van der Waals surface area contributed by atoms with Gasteiger partial charge in [-0.05, 0) is 37.1 Å². The van der Waals surface area contributed by atoms with Gasteiger partial charge in [0.25, 0.3) is 5.91 Å². The number of nitrogens with zero attached hydrogens (tertiary/aromatic N) is 1. The van der Waals surface area contributed by atoms with E-state index in [-0.39, 0.29) is 18.4 Å². The predicted molar refractivity (Wildman–Crippen MR) is 119 cm³/mol. The smallest absolute Gasteiger partial charge is 0.264 e. The maximum absolute atomic E-state index is 12.8. The summed E-state index contributed by atoms with van der Waals surface area (Å²) in [7, 11) is 1.67. The lowest BCUT2D eigenvalue weighted by Gasteiger charge is -2.17. The number of nitrogens with one attached hydrogen (secondary N) is 1. The predicted octanol–water partition coefficient (Wildman–Crippen LogP) is 5.44. The number of para-hydroxylation sites is 1. The number of thiophene rings is 2. The average Bonchev–Trinajstić information content (AvgIpc) is 3.22. The van der Waals surface area contributed by atoms with Crippen LogP contribution in [-0.2, 0) is 4.79 Å². The highest BCUT2D eigenvalue weighted by atomic mass is 32.1. The number of anilines is 1. The van der Waals surface area contributed by atoms with Crippen LogP contribution in [0.2, 0.25) is 0 Å². The normalized spacial score (nSPS) is 11.1. The standard InChI is InChI=1S/C22H20N2O2S2/c1-13-7-6-8-14(2)20(13)23-19(25)12-24(3)22(26)18-11-17-21(28-18)15-9-4-5-10-16(15)27-17/h4-11H,12H2,1-3H3,(H,23,25). The highest BCUT2D eigenvalue weighted by Gasteiger charge is 2.19. The van der Waals surface area contributed by atoms with Gasteiger partial charge in [0, 0.05) is 27.5 Å². The first-order chi connectivity index (χ1) is 13.4. The molecule has 0 saturated heterocycles. The molecule has 2 amide bonds. The van der Waals surface area contributed by atoms with Gasteiger partial charge < -0.3 is 10.2 Å². The van der Waals surface area contributed by atoms with Crippen molar-refractivity contribution in [2.24, 2.45) is 0 Å². The number of benzene rings is 2. The molecule has 0 aliphatic rings. The highest BCUT2D eigenvalue weighted by Crippen LogP contribution is 2.39. The number of aryl methyl sites for hydroxylation is 2. The molecule has 2 aromatic heterocycles. The zero-order valence-corrected chi connectivity index (χ0v) is 17.5. The molecule has 0 bridgehead atoms. The number of carbonyl (C=O) groups is 2. The topological polar surface area (TPSA) is 49.4 Å². The summed E-state index contributed by atoms with van der Waals surface area (Å²) < 4.78 is 3.48. The summed E-state index contributed by atoms with van der Waals surface area (Å²) in [5, 5.41) is 4.12. The van der Waals surface area contributed by atoms with Crippen LogP contribution in [0.5, 0.6) is 0 Å². The number of amides is 2. The van der Waals surface area contributed by atoms with Crippen molar-refractivity contribution in [3.8, 4) is 0 Å². The van der Waals surface area contributed by atoms with Gasteiger partial charge >= 0.3 is 0 Å². The SMILES string of the molecule is Cc1cccc(C)c1NC(=O)CN(C)C(=O)c1cc2sc3ccccc3c2s1. The Labute approximate surface area is 171 Å². The van der Waals surface area contributed by atoms with Crippen LogP contribution in [0.15, 0.2) is 48.5 Å². The fourth-order valence-electron chi connectivity index (χ4n) is 3.27. The van der Waals surface area contributed by atoms with Gasteiger partial charge in [0.1, 0.15) is 0 Å². The molecule has 6 heteroatoms. The molecule has 2 heterocycles. The van der Waals surface area contributed by atoms with Crippen molar-refractivity contribution in [3.63, 3.8) is 0 Å². The second-order valence-corrected chi connectivity index (χ2v) is 9.01. The highest BCUT2D eigenvalue weighted by molar-refractivity contribution is 7.33. The summed E-state index contributed by atoms with van der Waals surface area (Å²) in [5.74, 6) is -0.328. The fourth-order valence-corrected chi connectivity index (χ4v) is 5.79. The molecule has 142 valence electrons. The third-order valence-corrected chi connectivity index (χ3v) is 7.14. The molecule has 0 aliphatic heterocycles. The van der Waals surface area contributed by atoms with E-state index in [0.29, 0.717) is 4.88 Å². The van der Waals surface area contributed by atoms with Gasteiger partial charge in [0.15, 0.2) is 0 Å². The zero-order valence-electron chi connectivity index (χ0n) is 15.9. The molecule has 4 aromatic rings. The number of hydrogen-bond donors (Lipinski definition) is 1. The summed E-state index contributed by atoms with van der Waals surface area (Å²) in [6.45, 7) is 3.93. The van der Waals surface area contributed by atoms with Gasteiger partial charge in [-0.3, -0.25) is 9.59 Å². The molecular weight excluding hydrogens is 388 g/mol. The molecule has 4 rings (SSSR count). The van der Waals surface area contributed by atoms with Gasteiger partial charge in [-0.15, -0.1) is 22.7 Å². The third kappa shape index (κ3) is 3.41. The molecule has 1 N–H and O–H groups in total. The Morgan fingerprint density at radius 1 is 0.964 bits per heavy atom. The van der Waals surface area contributed by atoms with E-state index in [0.717, 1.165) is 26.2 Å². The third-order valence-electron chi connectivity index (χ3n) is 4.73. The van der Waals surface area contributed by atoms with Crippen molar-refractivity contribution in [1.29, 1.82) is 0 Å². The van der Waals surface area contributed by atoms with Crippen LogP contribution in [-0.4, -0.2) is 30.3 Å². The molecule has 0 atom stereocenters. The van der Waals surface area contributed by atoms with Crippen molar-refractivity contribution in [1.82, 2.24) is 4.90 Å². The van der Waals surface area contributed by atoms with E-state index in [1.54, 1.807) is 18.4 Å². The maximum Gasteiger partial charge on any atom is 0.264 e. The van der Waals surface area contributed by atoms with Gasteiger partial charge in [-0.1, -0.05) is 36.4 Å². The largest absolute Gasteiger partial charge is 0.332 e. The molecule has 0 unspecified atom stereocenters. The molecule has 0 radical (unpaired) electrons. The van der Waals surface area contributed by atoms with Crippen LogP contribution in [0, 0.1) is 13.8 Å². The first kappa shape index (κ1) is 18.7. The lowest BCUT2D eigenvalue weighted by atomic mass is 10.1. The van der Waals surface area contributed by atoms with E-state index in [2.05, 4.69) is 17.4 Å². The Kier molecular flexibility index (Phi) is 4.91. The Morgan fingerprint density at radius 3 is 2.43 bits per heavy atom. The summed E-state index contributed by atoms with van der Waals surface area (Å²) in [6.07, 6.45) is 0. The lowest BCUT2D eigenvalue weighted by molar-refractivity contribution is -0.116. The van der Waals surface area contributed by atoms with E-state index in [9.17, 15) is 9.59 Å². The molecule has 0 fully saturated rings. The van der Waals surface area contributed by atoms with Crippen molar-refractivity contribution in [3.05, 3.63) is 64.5 Å². The Morgan fingerprint density at radius 2 is 1.68 bits per heavy atom. The number of carbonyl (C=O) groups excluding carboxylic acids is 2. The van der Waals surface area contributed by atoms with Crippen LogP contribution in [0.25, 0.3) is 19.5 Å². The second-order valence-electron chi connectivity index (χ2n) is 6.88. The first-order valence-electron chi connectivity index (χ1n) is 8.96. The van der Waals surface area contributed by atoms with Gasteiger partial charge in [0.2, 0.25) is 5.91 Å². The number of rotatable bonds is 4. The van der Waals surface area contributed by atoms with Gasteiger partial charge in [-0.25, -0.2) is 0 Å². The molecule has 0 aliphatic carbocycles. The van der Waals surface area contributed by atoms with Crippen molar-refractivity contribution in [2.45, 2.75) is 13.8 Å². The quantitative estimate of drug-likeness (QED) is 0.489. The van der Waals surface area contributed by atoms with E-state index in [1.165, 1.54) is 26.3 Å². The molecular formula is C22H20N2O2S2. The number of likely N-dealkylation sites (N-methyl/N-ethyl adjacent to an activating group) is 1.